The zero-order chi connectivity index (χ0) is 15.3. The zero-order valence-electron chi connectivity index (χ0n) is 12.5. The van der Waals surface area contributed by atoms with Crippen molar-refractivity contribution in [3.63, 3.8) is 0 Å². The van der Waals surface area contributed by atoms with Gasteiger partial charge in [-0.3, -0.25) is 9.59 Å². The smallest absolute Gasteiger partial charge is 0.324 e. The van der Waals surface area contributed by atoms with E-state index in [0.717, 1.165) is 16.3 Å². The van der Waals surface area contributed by atoms with Crippen LogP contribution < -0.4 is 0 Å². The summed E-state index contributed by atoms with van der Waals surface area (Å²) in [5.74, 6) is -0.592. The number of carbonyl (C=O) groups is 2. The summed E-state index contributed by atoms with van der Waals surface area (Å²) in [7, 11) is 0. The summed E-state index contributed by atoms with van der Waals surface area (Å²) in [6.45, 7) is 5.17. The van der Waals surface area contributed by atoms with Crippen LogP contribution >= 0.6 is 0 Å². The Bertz CT molecular complexity index is 740. The molecule has 0 aliphatic carbocycles. The molecule has 3 nitrogen and oxygen atoms in total. The van der Waals surface area contributed by atoms with Gasteiger partial charge in [-0.25, -0.2) is 0 Å². The van der Waals surface area contributed by atoms with E-state index in [0.29, 0.717) is 6.42 Å². The van der Waals surface area contributed by atoms with Gasteiger partial charge >= 0.3 is 5.97 Å². The van der Waals surface area contributed by atoms with E-state index in [1.165, 1.54) is 6.92 Å². The van der Waals surface area contributed by atoms with Gasteiger partial charge in [0.05, 0.1) is 0 Å². The number of fused-ring (bicyclic) bond motifs is 1. The molecule has 1 atom stereocenters. The monoisotopic (exact) mass is 282 g/mol. The first kappa shape index (κ1) is 13.8. The lowest BCUT2D eigenvalue weighted by atomic mass is 9.71. The van der Waals surface area contributed by atoms with E-state index >= 15 is 0 Å². The molecule has 0 unspecified atom stereocenters. The molecule has 0 bridgehead atoms. The number of Topliss-reactive ketones (excluding diaryl/α,β-unsaturated/α-hetero) is 1. The first-order valence-electron chi connectivity index (χ1n) is 7.09. The summed E-state index contributed by atoms with van der Waals surface area (Å²) >= 11 is 0. The minimum atomic E-state index is -1.19. The van der Waals surface area contributed by atoms with E-state index in [1.807, 2.05) is 56.3 Å². The number of rotatable bonds is 2. The van der Waals surface area contributed by atoms with E-state index in [4.69, 9.17) is 4.74 Å². The van der Waals surface area contributed by atoms with Crippen molar-refractivity contribution >= 4 is 22.5 Å². The van der Waals surface area contributed by atoms with Gasteiger partial charge in [0.15, 0.2) is 11.2 Å². The van der Waals surface area contributed by atoms with Crippen LogP contribution in [0, 0.1) is 0 Å². The highest BCUT2D eigenvalue weighted by molar-refractivity contribution is 6.13. The van der Waals surface area contributed by atoms with E-state index in [1.54, 1.807) is 0 Å². The van der Waals surface area contributed by atoms with Crippen LogP contribution in [0.3, 0.4) is 0 Å². The summed E-state index contributed by atoms with van der Waals surface area (Å²) in [4.78, 5) is 25.0. The normalized spacial score (nSPS) is 24.0. The third-order valence-electron chi connectivity index (χ3n) is 4.26. The SMILES string of the molecule is CC(=O)[C@]1(c2cccc3ccccc23)CC(C)(C)OC1=O. The predicted octanol–water partition coefficient (Wildman–Crippen LogP) is 3.39. The highest BCUT2D eigenvalue weighted by atomic mass is 16.6. The third-order valence-corrected chi connectivity index (χ3v) is 4.26. The Kier molecular flexibility index (Phi) is 2.90. The molecule has 1 heterocycles. The number of ketones is 1. The molecule has 1 aliphatic heterocycles. The van der Waals surface area contributed by atoms with Crippen LogP contribution in [-0.2, 0) is 19.7 Å². The van der Waals surface area contributed by atoms with Gasteiger partial charge in [0.25, 0.3) is 0 Å². The fraction of sp³-hybridized carbons (Fsp3) is 0.333. The molecule has 2 aromatic rings. The Balaban J connectivity index is 2.32. The molecular formula is C18H18O3. The molecule has 0 aromatic heterocycles. The number of carbonyl (C=O) groups excluding carboxylic acids is 2. The van der Waals surface area contributed by atoms with Crippen LogP contribution in [0.1, 0.15) is 32.8 Å². The number of hydrogen-bond donors (Lipinski definition) is 0. The van der Waals surface area contributed by atoms with Gasteiger partial charge < -0.3 is 4.74 Å². The third kappa shape index (κ3) is 1.96. The molecule has 0 radical (unpaired) electrons. The molecule has 0 spiro atoms. The zero-order valence-corrected chi connectivity index (χ0v) is 12.5. The molecule has 1 fully saturated rings. The van der Waals surface area contributed by atoms with Crippen molar-refractivity contribution in [2.75, 3.05) is 0 Å². The fourth-order valence-corrected chi connectivity index (χ4v) is 3.35. The molecule has 1 aliphatic rings. The Morgan fingerprint density at radius 2 is 1.76 bits per heavy atom. The number of ether oxygens (including phenoxy) is 1. The van der Waals surface area contributed by atoms with Gasteiger partial charge in [-0.1, -0.05) is 42.5 Å². The maximum Gasteiger partial charge on any atom is 0.324 e. The van der Waals surface area contributed by atoms with E-state index in [-0.39, 0.29) is 5.78 Å². The lowest BCUT2D eigenvalue weighted by molar-refractivity contribution is -0.151. The summed E-state index contributed by atoms with van der Waals surface area (Å²) < 4.78 is 5.47. The number of benzene rings is 2. The quantitative estimate of drug-likeness (QED) is 0.626. The molecule has 2 aromatic carbocycles. The fourth-order valence-electron chi connectivity index (χ4n) is 3.35. The van der Waals surface area contributed by atoms with Gasteiger partial charge in [-0.05, 0) is 37.1 Å². The van der Waals surface area contributed by atoms with E-state index < -0.39 is 17.0 Å². The van der Waals surface area contributed by atoms with Crippen LogP contribution in [0.15, 0.2) is 42.5 Å². The van der Waals surface area contributed by atoms with Crippen molar-refractivity contribution in [2.45, 2.75) is 38.2 Å². The van der Waals surface area contributed by atoms with Crippen molar-refractivity contribution in [1.29, 1.82) is 0 Å². The van der Waals surface area contributed by atoms with Crippen molar-refractivity contribution in [2.24, 2.45) is 0 Å². The van der Waals surface area contributed by atoms with Gasteiger partial charge in [-0.2, -0.15) is 0 Å². The topological polar surface area (TPSA) is 43.4 Å². The second kappa shape index (κ2) is 4.42. The van der Waals surface area contributed by atoms with Gasteiger partial charge in [0.2, 0.25) is 0 Å². The van der Waals surface area contributed by atoms with Gasteiger partial charge in [0.1, 0.15) is 5.60 Å². The average Bonchev–Trinajstić information content (AvgIpc) is 2.68. The molecule has 0 saturated carbocycles. The first-order valence-corrected chi connectivity index (χ1v) is 7.09. The Labute approximate surface area is 123 Å². The van der Waals surface area contributed by atoms with Crippen LogP contribution in [0.4, 0.5) is 0 Å². The standard InChI is InChI=1S/C18H18O3/c1-12(19)18(11-17(2,3)21-16(18)20)15-10-6-8-13-7-4-5-9-14(13)15/h4-10H,11H2,1-3H3/t18-/m0/s1. The van der Waals surface area contributed by atoms with Crippen molar-refractivity contribution < 1.29 is 14.3 Å². The number of hydrogen-bond acceptors (Lipinski definition) is 3. The van der Waals surface area contributed by atoms with Crippen LogP contribution in [-0.4, -0.2) is 17.4 Å². The maximum absolute atomic E-state index is 12.6. The predicted molar refractivity (Wildman–Crippen MR) is 81.1 cm³/mol. The minimum Gasteiger partial charge on any atom is -0.459 e. The van der Waals surface area contributed by atoms with Gasteiger partial charge in [0, 0.05) is 6.42 Å². The average molecular weight is 282 g/mol. The summed E-state index contributed by atoms with van der Waals surface area (Å²) in [6.07, 6.45) is 0.377. The molecule has 1 saturated heterocycles. The Hall–Kier alpha value is -2.16. The van der Waals surface area contributed by atoms with E-state index in [9.17, 15) is 9.59 Å². The molecular weight excluding hydrogens is 264 g/mol. The lowest BCUT2D eigenvalue weighted by Gasteiger charge is -2.24. The van der Waals surface area contributed by atoms with Crippen LogP contribution in [0.25, 0.3) is 10.8 Å². The molecule has 3 rings (SSSR count). The van der Waals surface area contributed by atoms with Crippen molar-refractivity contribution in [1.82, 2.24) is 0 Å². The summed E-state index contributed by atoms with van der Waals surface area (Å²) in [5.41, 5.74) is -1.06. The van der Waals surface area contributed by atoms with Gasteiger partial charge in [-0.15, -0.1) is 0 Å². The molecule has 21 heavy (non-hydrogen) atoms. The minimum absolute atomic E-state index is 0.158. The lowest BCUT2D eigenvalue weighted by Crippen LogP contribution is -2.39. The summed E-state index contributed by atoms with van der Waals surface area (Å²) in [5, 5.41) is 1.96. The van der Waals surface area contributed by atoms with E-state index in [2.05, 4.69) is 0 Å². The molecule has 108 valence electrons. The second-order valence-corrected chi connectivity index (χ2v) is 6.31. The van der Waals surface area contributed by atoms with Crippen molar-refractivity contribution in [3.8, 4) is 0 Å². The highest BCUT2D eigenvalue weighted by Crippen LogP contribution is 2.45. The molecule has 0 N–H and O–H groups in total. The Morgan fingerprint density at radius 1 is 1.10 bits per heavy atom. The largest absolute Gasteiger partial charge is 0.459 e. The first-order chi connectivity index (χ1) is 9.87. The Morgan fingerprint density at radius 3 is 2.38 bits per heavy atom. The summed E-state index contributed by atoms with van der Waals surface area (Å²) in [6, 6.07) is 13.5. The highest BCUT2D eigenvalue weighted by Gasteiger charge is 2.57. The van der Waals surface area contributed by atoms with Crippen LogP contribution in [0.5, 0.6) is 0 Å². The number of esters is 1. The van der Waals surface area contributed by atoms with Crippen LogP contribution in [0.2, 0.25) is 0 Å². The molecule has 3 heteroatoms. The maximum atomic E-state index is 12.6. The molecule has 0 amide bonds. The van der Waals surface area contributed by atoms with Crippen molar-refractivity contribution in [3.05, 3.63) is 48.0 Å². The number of cyclic esters (lactones) is 1. The second-order valence-electron chi connectivity index (χ2n) is 6.31.